The minimum absolute atomic E-state index is 0.348. The van der Waals surface area contributed by atoms with E-state index < -0.39 is 0 Å². The Hall–Kier alpha value is -2.75. The summed E-state index contributed by atoms with van der Waals surface area (Å²) in [5.41, 5.74) is 2.01. The highest BCUT2D eigenvalue weighted by atomic mass is 16.5. The van der Waals surface area contributed by atoms with E-state index >= 15 is 0 Å². The Kier molecular flexibility index (Phi) is 3.13. The maximum absolute atomic E-state index is 11.2. The highest BCUT2D eigenvalue weighted by molar-refractivity contribution is 5.81. The Bertz CT molecular complexity index is 791. The summed E-state index contributed by atoms with van der Waals surface area (Å²) in [5, 5.41) is 4.14. The van der Waals surface area contributed by atoms with Crippen LogP contribution in [-0.4, -0.2) is 7.11 Å². The Labute approximate surface area is 115 Å². The zero-order valence-corrected chi connectivity index (χ0v) is 10.9. The molecule has 0 aliphatic rings. The zero-order valence-electron chi connectivity index (χ0n) is 10.9. The van der Waals surface area contributed by atoms with Crippen LogP contribution >= 0.6 is 0 Å². The Balaban J connectivity index is 1.91. The van der Waals surface area contributed by atoms with Gasteiger partial charge in [-0.25, -0.2) is 4.79 Å². The minimum Gasteiger partial charge on any atom is -0.497 e. The summed E-state index contributed by atoms with van der Waals surface area (Å²) >= 11 is 0. The van der Waals surface area contributed by atoms with Crippen molar-refractivity contribution in [1.82, 2.24) is 0 Å². The molecule has 1 N–H and O–H groups in total. The Morgan fingerprint density at radius 3 is 2.40 bits per heavy atom. The van der Waals surface area contributed by atoms with Gasteiger partial charge < -0.3 is 14.5 Å². The topological polar surface area (TPSA) is 51.5 Å². The van der Waals surface area contributed by atoms with E-state index in [0.29, 0.717) is 5.58 Å². The van der Waals surface area contributed by atoms with Gasteiger partial charge in [-0.3, -0.25) is 0 Å². The molecule has 1 aromatic heterocycles. The second-order valence-electron chi connectivity index (χ2n) is 4.36. The first-order chi connectivity index (χ1) is 9.74. The number of rotatable bonds is 3. The predicted octanol–water partition coefficient (Wildman–Crippen LogP) is 3.55. The average molecular weight is 267 g/mol. The molecule has 0 spiro atoms. The van der Waals surface area contributed by atoms with E-state index in [2.05, 4.69) is 5.32 Å². The lowest BCUT2D eigenvalue weighted by Gasteiger charge is -2.08. The van der Waals surface area contributed by atoms with Crippen molar-refractivity contribution >= 4 is 22.3 Å². The molecule has 4 heteroatoms. The van der Waals surface area contributed by atoms with Crippen molar-refractivity contribution in [3.05, 3.63) is 65.0 Å². The summed E-state index contributed by atoms with van der Waals surface area (Å²) in [6, 6.07) is 16.4. The van der Waals surface area contributed by atoms with Gasteiger partial charge in [0, 0.05) is 28.9 Å². The fourth-order valence-electron chi connectivity index (χ4n) is 1.98. The highest BCUT2D eigenvalue weighted by Gasteiger charge is 2.00. The molecule has 0 aliphatic heterocycles. The van der Waals surface area contributed by atoms with Gasteiger partial charge >= 0.3 is 5.63 Å². The van der Waals surface area contributed by atoms with Crippen molar-refractivity contribution in [2.45, 2.75) is 0 Å². The third-order valence-electron chi connectivity index (χ3n) is 3.00. The van der Waals surface area contributed by atoms with E-state index in [0.717, 1.165) is 22.5 Å². The first-order valence-electron chi connectivity index (χ1n) is 6.19. The van der Waals surface area contributed by atoms with Crippen LogP contribution in [0.2, 0.25) is 0 Å². The van der Waals surface area contributed by atoms with Gasteiger partial charge in [-0.05, 0) is 42.5 Å². The smallest absolute Gasteiger partial charge is 0.336 e. The second kappa shape index (κ2) is 5.09. The van der Waals surface area contributed by atoms with Crippen LogP contribution in [0, 0.1) is 0 Å². The fourth-order valence-corrected chi connectivity index (χ4v) is 1.98. The van der Waals surface area contributed by atoms with E-state index in [4.69, 9.17) is 9.15 Å². The van der Waals surface area contributed by atoms with E-state index in [-0.39, 0.29) is 5.63 Å². The molecule has 0 fully saturated rings. The van der Waals surface area contributed by atoms with Gasteiger partial charge in [0.2, 0.25) is 0 Å². The molecule has 4 nitrogen and oxygen atoms in total. The Morgan fingerprint density at radius 1 is 0.950 bits per heavy atom. The van der Waals surface area contributed by atoms with Crippen LogP contribution in [0.3, 0.4) is 0 Å². The number of hydrogen-bond acceptors (Lipinski definition) is 4. The van der Waals surface area contributed by atoms with Gasteiger partial charge in [0.15, 0.2) is 0 Å². The monoisotopic (exact) mass is 267 g/mol. The first kappa shape index (κ1) is 12.3. The molecule has 3 rings (SSSR count). The van der Waals surface area contributed by atoms with Crippen molar-refractivity contribution in [3.63, 3.8) is 0 Å². The Morgan fingerprint density at radius 2 is 1.65 bits per heavy atom. The van der Waals surface area contributed by atoms with Gasteiger partial charge in [0.1, 0.15) is 11.3 Å². The minimum atomic E-state index is -0.348. The van der Waals surface area contributed by atoms with E-state index in [1.54, 1.807) is 19.2 Å². The third kappa shape index (κ3) is 2.49. The van der Waals surface area contributed by atoms with Crippen LogP contribution in [-0.2, 0) is 0 Å². The van der Waals surface area contributed by atoms with Crippen LogP contribution in [0.4, 0.5) is 11.4 Å². The maximum Gasteiger partial charge on any atom is 0.336 e. The fraction of sp³-hybridized carbons (Fsp3) is 0.0625. The van der Waals surface area contributed by atoms with Gasteiger partial charge in [-0.15, -0.1) is 0 Å². The number of methoxy groups -OCH3 is 1. The summed E-state index contributed by atoms with van der Waals surface area (Å²) in [5.74, 6) is 0.806. The summed E-state index contributed by atoms with van der Waals surface area (Å²) in [6.45, 7) is 0. The SMILES string of the molecule is COc1ccc(Nc2ccc3ccc(=O)oc3c2)cc1. The highest BCUT2D eigenvalue weighted by Crippen LogP contribution is 2.23. The summed E-state index contributed by atoms with van der Waals surface area (Å²) in [7, 11) is 1.63. The molecule has 100 valence electrons. The van der Waals surface area contributed by atoms with Crippen LogP contribution < -0.4 is 15.7 Å². The molecule has 1 heterocycles. The molecule has 0 amide bonds. The van der Waals surface area contributed by atoms with Gasteiger partial charge in [-0.2, -0.15) is 0 Å². The van der Waals surface area contributed by atoms with Gasteiger partial charge in [0.25, 0.3) is 0 Å². The van der Waals surface area contributed by atoms with Crippen LogP contribution in [0.25, 0.3) is 11.0 Å². The summed E-state index contributed by atoms with van der Waals surface area (Å²) in [4.78, 5) is 11.2. The number of fused-ring (bicyclic) bond motifs is 1. The maximum atomic E-state index is 11.2. The van der Waals surface area contributed by atoms with E-state index in [1.807, 2.05) is 36.4 Å². The number of benzene rings is 2. The average Bonchev–Trinajstić information content (AvgIpc) is 2.47. The molecule has 0 radical (unpaired) electrons. The number of hydrogen-bond donors (Lipinski definition) is 1. The lowest BCUT2D eigenvalue weighted by molar-refractivity contribution is 0.415. The summed E-state index contributed by atoms with van der Waals surface area (Å²) in [6.07, 6.45) is 0. The standard InChI is InChI=1S/C16H13NO3/c1-19-14-7-5-12(6-8-14)17-13-4-2-11-3-9-16(18)20-15(11)10-13/h2-10,17H,1H3. The summed E-state index contributed by atoms with van der Waals surface area (Å²) < 4.78 is 10.3. The lowest BCUT2D eigenvalue weighted by atomic mass is 10.2. The molecular formula is C16H13NO3. The predicted molar refractivity (Wildman–Crippen MR) is 78.8 cm³/mol. The number of nitrogens with one attached hydrogen (secondary N) is 1. The molecule has 0 bridgehead atoms. The van der Waals surface area contributed by atoms with E-state index in [1.165, 1.54) is 6.07 Å². The van der Waals surface area contributed by atoms with E-state index in [9.17, 15) is 4.79 Å². The quantitative estimate of drug-likeness (QED) is 0.737. The first-order valence-corrected chi connectivity index (χ1v) is 6.19. The molecule has 0 saturated carbocycles. The van der Waals surface area contributed by atoms with Crippen molar-refractivity contribution in [3.8, 4) is 5.75 Å². The van der Waals surface area contributed by atoms with Crippen LogP contribution in [0.5, 0.6) is 5.75 Å². The number of anilines is 2. The normalized spacial score (nSPS) is 10.4. The molecule has 20 heavy (non-hydrogen) atoms. The zero-order chi connectivity index (χ0) is 13.9. The molecule has 0 saturated heterocycles. The van der Waals surface area contributed by atoms with Crippen molar-refractivity contribution in [2.75, 3.05) is 12.4 Å². The molecule has 0 atom stereocenters. The molecule has 0 unspecified atom stereocenters. The van der Waals surface area contributed by atoms with Crippen molar-refractivity contribution in [1.29, 1.82) is 0 Å². The lowest BCUT2D eigenvalue weighted by Crippen LogP contribution is -1.95. The molecule has 2 aromatic carbocycles. The van der Waals surface area contributed by atoms with Crippen molar-refractivity contribution in [2.24, 2.45) is 0 Å². The largest absolute Gasteiger partial charge is 0.497 e. The van der Waals surface area contributed by atoms with Crippen molar-refractivity contribution < 1.29 is 9.15 Å². The van der Waals surface area contributed by atoms with Crippen LogP contribution in [0.15, 0.2) is 63.8 Å². The number of ether oxygens (including phenoxy) is 1. The van der Waals surface area contributed by atoms with Gasteiger partial charge in [0.05, 0.1) is 7.11 Å². The van der Waals surface area contributed by atoms with Crippen LogP contribution in [0.1, 0.15) is 0 Å². The molecule has 3 aromatic rings. The van der Waals surface area contributed by atoms with Gasteiger partial charge in [-0.1, -0.05) is 0 Å². The molecule has 0 aliphatic carbocycles. The third-order valence-corrected chi connectivity index (χ3v) is 3.00. The second-order valence-corrected chi connectivity index (χ2v) is 4.36. The molecular weight excluding hydrogens is 254 g/mol.